The number of non-ortho nitro benzene ring substituents is 1. The third kappa shape index (κ3) is 4.30. The Morgan fingerprint density at radius 3 is 2.71 bits per heavy atom. The highest BCUT2D eigenvalue weighted by Crippen LogP contribution is 2.29. The predicted octanol–water partition coefficient (Wildman–Crippen LogP) is 6.17. The minimum atomic E-state index is -0.530. The van der Waals surface area contributed by atoms with Gasteiger partial charge in [0.05, 0.1) is 4.92 Å². The Labute approximate surface area is 178 Å². The van der Waals surface area contributed by atoms with Crippen molar-refractivity contribution in [2.75, 3.05) is 5.32 Å². The van der Waals surface area contributed by atoms with Crippen LogP contribution in [0.5, 0.6) is 0 Å². The van der Waals surface area contributed by atoms with Crippen molar-refractivity contribution in [1.29, 1.82) is 0 Å². The van der Waals surface area contributed by atoms with Crippen LogP contribution in [-0.4, -0.2) is 15.8 Å². The van der Waals surface area contributed by atoms with Crippen molar-refractivity contribution in [3.05, 3.63) is 88.0 Å². The van der Waals surface area contributed by atoms with Crippen LogP contribution < -0.4 is 5.32 Å². The first-order chi connectivity index (χ1) is 14.9. The van der Waals surface area contributed by atoms with E-state index >= 15 is 0 Å². The number of hydrogen-bond acceptors (Lipinski definition) is 5. The molecule has 1 aromatic heterocycles. The highest BCUT2D eigenvalue weighted by atomic mass is 16.6. The number of carbonyl (C=O) groups excluding carboxylic acids is 1. The molecule has 0 aliphatic heterocycles. The number of rotatable bonds is 6. The molecule has 7 heteroatoms. The van der Waals surface area contributed by atoms with Gasteiger partial charge in [-0.25, -0.2) is 4.98 Å². The number of oxazole rings is 1. The molecule has 0 bridgehead atoms. The molecule has 0 radical (unpaired) electrons. The van der Waals surface area contributed by atoms with Gasteiger partial charge in [-0.3, -0.25) is 14.9 Å². The van der Waals surface area contributed by atoms with Crippen molar-refractivity contribution in [1.82, 2.24) is 4.98 Å². The average Bonchev–Trinajstić information content (AvgIpc) is 3.22. The standard InChI is InChI=1S/C24H21N3O4/c1-3-15(2)16-10-11-22-21(14-16)26-24(31-22)18-7-4-8-19(12-18)25-23(28)17-6-5-9-20(13-17)27(29)30/h4-15H,3H2,1-2H3,(H,25,28)/t15-/m0/s1. The van der Waals surface area contributed by atoms with Gasteiger partial charge in [-0.2, -0.15) is 0 Å². The Balaban J connectivity index is 1.59. The van der Waals surface area contributed by atoms with Crippen molar-refractivity contribution >= 4 is 28.4 Å². The second-order valence-corrected chi connectivity index (χ2v) is 7.40. The Morgan fingerprint density at radius 2 is 1.94 bits per heavy atom. The summed E-state index contributed by atoms with van der Waals surface area (Å²) in [6.45, 7) is 4.33. The molecule has 0 spiro atoms. The van der Waals surface area contributed by atoms with Gasteiger partial charge in [-0.05, 0) is 54.3 Å². The maximum absolute atomic E-state index is 12.5. The van der Waals surface area contributed by atoms with Crippen molar-refractivity contribution in [3.8, 4) is 11.5 Å². The number of benzene rings is 3. The monoisotopic (exact) mass is 415 g/mol. The molecule has 0 aliphatic carbocycles. The summed E-state index contributed by atoms with van der Waals surface area (Å²) in [5.74, 6) is 0.469. The predicted molar refractivity (Wildman–Crippen MR) is 119 cm³/mol. The molecule has 1 amide bonds. The number of hydrogen-bond donors (Lipinski definition) is 1. The highest BCUT2D eigenvalue weighted by molar-refractivity contribution is 6.04. The van der Waals surface area contributed by atoms with E-state index in [0.717, 1.165) is 17.5 Å². The Bertz CT molecular complexity index is 1280. The largest absolute Gasteiger partial charge is 0.436 e. The van der Waals surface area contributed by atoms with E-state index < -0.39 is 10.8 Å². The number of nitrogens with zero attached hydrogens (tertiary/aromatic N) is 2. The summed E-state index contributed by atoms with van der Waals surface area (Å²) in [6, 6.07) is 18.8. The summed E-state index contributed by atoms with van der Waals surface area (Å²) in [4.78, 5) is 27.6. The number of nitrogens with one attached hydrogen (secondary N) is 1. The van der Waals surface area contributed by atoms with E-state index in [9.17, 15) is 14.9 Å². The molecule has 156 valence electrons. The van der Waals surface area contributed by atoms with Gasteiger partial charge >= 0.3 is 0 Å². The molecule has 1 atom stereocenters. The van der Waals surface area contributed by atoms with Crippen LogP contribution in [0, 0.1) is 10.1 Å². The first-order valence-electron chi connectivity index (χ1n) is 10.0. The topological polar surface area (TPSA) is 98.3 Å². The van der Waals surface area contributed by atoms with E-state index in [1.807, 2.05) is 18.2 Å². The number of nitro benzene ring substituents is 1. The molecule has 3 aromatic carbocycles. The molecule has 1 heterocycles. The zero-order chi connectivity index (χ0) is 22.0. The fourth-order valence-corrected chi connectivity index (χ4v) is 3.30. The number of fused-ring (bicyclic) bond motifs is 1. The molecule has 4 aromatic rings. The van der Waals surface area contributed by atoms with Gasteiger partial charge in [0, 0.05) is 28.9 Å². The Morgan fingerprint density at radius 1 is 1.13 bits per heavy atom. The van der Waals surface area contributed by atoms with Crippen LogP contribution in [-0.2, 0) is 0 Å². The lowest BCUT2D eigenvalue weighted by atomic mass is 9.98. The fourth-order valence-electron chi connectivity index (χ4n) is 3.30. The van der Waals surface area contributed by atoms with Crippen molar-refractivity contribution in [2.45, 2.75) is 26.2 Å². The van der Waals surface area contributed by atoms with E-state index in [2.05, 4.69) is 30.2 Å². The van der Waals surface area contributed by atoms with Crippen LogP contribution in [0.3, 0.4) is 0 Å². The minimum Gasteiger partial charge on any atom is -0.436 e. The number of carbonyl (C=O) groups is 1. The summed E-state index contributed by atoms with van der Waals surface area (Å²) < 4.78 is 5.91. The molecule has 4 rings (SSSR count). The van der Waals surface area contributed by atoms with Crippen LogP contribution in [0.4, 0.5) is 11.4 Å². The lowest BCUT2D eigenvalue weighted by Crippen LogP contribution is -2.12. The van der Waals surface area contributed by atoms with Gasteiger partial charge in [-0.15, -0.1) is 0 Å². The Kier molecular flexibility index (Phi) is 5.49. The fraction of sp³-hybridized carbons (Fsp3) is 0.167. The molecule has 0 unspecified atom stereocenters. The van der Waals surface area contributed by atoms with Crippen LogP contribution in [0.1, 0.15) is 42.1 Å². The van der Waals surface area contributed by atoms with Crippen LogP contribution in [0.2, 0.25) is 0 Å². The quantitative estimate of drug-likeness (QED) is 0.300. The molecule has 0 saturated heterocycles. The van der Waals surface area contributed by atoms with Gasteiger partial charge in [0.2, 0.25) is 5.89 Å². The van der Waals surface area contributed by atoms with Crippen LogP contribution in [0.25, 0.3) is 22.6 Å². The molecule has 0 aliphatic rings. The van der Waals surface area contributed by atoms with E-state index in [4.69, 9.17) is 4.42 Å². The highest BCUT2D eigenvalue weighted by Gasteiger charge is 2.14. The SMILES string of the molecule is CC[C@H](C)c1ccc2oc(-c3cccc(NC(=O)c4cccc([N+](=O)[O-])c4)c3)nc2c1. The van der Waals surface area contributed by atoms with Gasteiger partial charge < -0.3 is 9.73 Å². The lowest BCUT2D eigenvalue weighted by molar-refractivity contribution is -0.384. The lowest BCUT2D eigenvalue weighted by Gasteiger charge is -2.07. The third-order valence-electron chi connectivity index (χ3n) is 5.28. The maximum Gasteiger partial charge on any atom is 0.270 e. The molecule has 7 nitrogen and oxygen atoms in total. The van der Waals surface area contributed by atoms with Crippen molar-refractivity contribution < 1.29 is 14.1 Å². The number of nitro groups is 1. The van der Waals surface area contributed by atoms with E-state index in [0.29, 0.717) is 23.1 Å². The minimum absolute atomic E-state index is 0.135. The summed E-state index contributed by atoms with van der Waals surface area (Å²) >= 11 is 0. The molecule has 31 heavy (non-hydrogen) atoms. The zero-order valence-corrected chi connectivity index (χ0v) is 17.2. The van der Waals surface area contributed by atoms with Crippen LogP contribution in [0.15, 0.2) is 71.1 Å². The Hall–Kier alpha value is -4.00. The third-order valence-corrected chi connectivity index (χ3v) is 5.28. The number of anilines is 1. The van der Waals surface area contributed by atoms with Gasteiger partial charge in [0.1, 0.15) is 5.52 Å². The molecule has 0 saturated carbocycles. The molecule has 1 N–H and O–H groups in total. The van der Waals surface area contributed by atoms with E-state index in [-0.39, 0.29) is 11.3 Å². The second kappa shape index (κ2) is 8.39. The van der Waals surface area contributed by atoms with Crippen LogP contribution >= 0.6 is 0 Å². The molecular formula is C24H21N3O4. The zero-order valence-electron chi connectivity index (χ0n) is 17.2. The van der Waals surface area contributed by atoms with Crippen molar-refractivity contribution in [2.24, 2.45) is 0 Å². The number of amides is 1. The van der Waals surface area contributed by atoms with E-state index in [1.54, 1.807) is 18.2 Å². The van der Waals surface area contributed by atoms with Crippen molar-refractivity contribution in [3.63, 3.8) is 0 Å². The summed E-state index contributed by atoms with van der Waals surface area (Å²) in [7, 11) is 0. The normalized spacial score (nSPS) is 11.9. The average molecular weight is 415 g/mol. The van der Waals surface area contributed by atoms with Gasteiger partial charge in [0.25, 0.3) is 11.6 Å². The summed E-state index contributed by atoms with van der Waals surface area (Å²) in [5.41, 5.74) is 4.04. The second-order valence-electron chi connectivity index (χ2n) is 7.40. The van der Waals surface area contributed by atoms with E-state index in [1.165, 1.54) is 29.8 Å². The van der Waals surface area contributed by atoms with Gasteiger partial charge in [0.15, 0.2) is 5.58 Å². The van der Waals surface area contributed by atoms with Gasteiger partial charge in [-0.1, -0.05) is 32.0 Å². The maximum atomic E-state index is 12.5. The first kappa shape index (κ1) is 20.3. The smallest absolute Gasteiger partial charge is 0.270 e. The first-order valence-corrected chi connectivity index (χ1v) is 10.0. The number of aromatic nitrogens is 1. The summed E-state index contributed by atoms with van der Waals surface area (Å²) in [5, 5.41) is 13.7. The summed E-state index contributed by atoms with van der Waals surface area (Å²) in [6.07, 6.45) is 1.04. The molecule has 0 fully saturated rings. The molecular weight excluding hydrogens is 394 g/mol.